The van der Waals surface area contributed by atoms with Gasteiger partial charge in [-0.05, 0) is 38.1 Å². The molecule has 2 aliphatic rings. The van der Waals surface area contributed by atoms with E-state index in [4.69, 9.17) is 0 Å². The molecule has 3 heterocycles. The Morgan fingerprint density at radius 1 is 1.45 bits per heavy atom. The lowest BCUT2D eigenvalue weighted by molar-refractivity contribution is -0.134. The van der Waals surface area contributed by atoms with Gasteiger partial charge in [0.15, 0.2) is 0 Å². The highest BCUT2D eigenvalue weighted by Gasteiger charge is 2.30. The molecule has 2 saturated heterocycles. The Hall–Kier alpha value is -1.36. The minimum Gasteiger partial charge on any atom is -0.341 e. The first-order valence-corrected chi connectivity index (χ1v) is 7.72. The lowest BCUT2D eigenvalue weighted by Gasteiger charge is -2.34. The molecule has 1 N–H and O–H groups in total. The van der Waals surface area contributed by atoms with Gasteiger partial charge in [-0.2, -0.15) is 0 Å². The van der Waals surface area contributed by atoms with Crippen LogP contribution in [0.15, 0.2) is 12.4 Å². The van der Waals surface area contributed by atoms with E-state index in [1.807, 2.05) is 19.4 Å². The van der Waals surface area contributed by atoms with Crippen LogP contribution in [0.2, 0.25) is 0 Å². The first kappa shape index (κ1) is 13.6. The van der Waals surface area contributed by atoms with Crippen LogP contribution in [-0.4, -0.2) is 46.0 Å². The fourth-order valence-corrected chi connectivity index (χ4v) is 3.40. The monoisotopic (exact) mass is 276 g/mol. The van der Waals surface area contributed by atoms with Crippen LogP contribution >= 0.6 is 0 Å². The van der Waals surface area contributed by atoms with E-state index >= 15 is 0 Å². The number of hydrogen-bond acceptors (Lipinski definition) is 3. The summed E-state index contributed by atoms with van der Waals surface area (Å²) in [6, 6.07) is 0.0712. The van der Waals surface area contributed by atoms with Gasteiger partial charge in [0.05, 0.1) is 6.04 Å². The first-order valence-electron chi connectivity index (χ1n) is 7.72. The van der Waals surface area contributed by atoms with Crippen molar-refractivity contribution in [3.05, 3.63) is 18.2 Å². The molecular formula is C15H24N4O. The number of nitrogens with zero attached hydrogens (tertiary/aromatic N) is 3. The number of piperidine rings is 1. The van der Waals surface area contributed by atoms with Crippen molar-refractivity contribution >= 4 is 5.91 Å². The molecule has 2 aliphatic heterocycles. The van der Waals surface area contributed by atoms with Crippen LogP contribution in [0.4, 0.5) is 0 Å². The fraction of sp³-hybridized carbons (Fsp3) is 0.733. The van der Waals surface area contributed by atoms with Gasteiger partial charge in [0.25, 0.3) is 0 Å². The second kappa shape index (κ2) is 5.95. The SMILES string of the molecule is Cn1ccnc1C[C@@H]1CCCN(C(=O)[C@H]2CCCN2)C1. The van der Waals surface area contributed by atoms with Crippen LogP contribution in [0.25, 0.3) is 0 Å². The van der Waals surface area contributed by atoms with Crippen LogP contribution < -0.4 is 5.32 Å². The maximum absolute atomic E-state index is 12.5. The van der Waals surface area contributed by atoms with Crippen molar-refractivity contribution in [1.82, 2.24) is 19.8 Å². The van der Waals surface area contributed by atoms with E-state index in [1.54, 1.807) is 0 Å². The maximum atomic E-state index is 12.5. The van der Waals surface area contributed by atoms with Crippen molar-refractivity contribution in [2.75, 3.05) is 19.6 Å². The van der Waals surface area contributed by atoms with Crippen molar-refractivity contribution in [1.29, 1.82) is 0 Å². The third-order valence-corrected chi connectivity index (χ3v) is 4.58. The highest BCUT2D eigenvalue weighted by Crippen LogP contribution is 2.21. The molecule has 0 saturated carbocycles. The smallest absolute Gasteiger partial charge is 0.239 e. The second-order valence-corrected chi connectivity index (χ2v) is 6.10. The quantitative estimate of drug-likeness (QED) is 0.894. The molecule has 0 bridgehead atoms. The number of hydrogen-bond donors (Lipinski definition) is 1. The lowest BCUT2D eigenvalue weighted by atomic mass is 9.94. The van der Waals surface area contributed by atoms with Gasteiger partial charge < -0.3 is 14.8 Å². The van der Waals surface area contributed by atoms with Crippen LogP contribution in [0.5, 0.6) is 0 Å². The average Bonchev–Trinajstić information content (AvgIpc) is 3.11. The molecule has 1 aromatic heterocycles. The summed E-state index contributed by atoms with van der Waals surface area (Å²) in [6.45, 7) is 2.80. The predicted octanol–water partition coefficient (Wildman–Crippen LogP) is 0.953. The zero-order valence-electron chi connectivity index (χ0n) is 12.2. The summed E-state index contributed by atoms with van der Waals surface area (Å²) in [5, 5.41) is 3.32. The van der Waals surface area contributed by atoms with E-state index in [0.717, 1.165) is 51.1 Å². The highest BCUT2D eigenvalue weighted by molar-refractivity contribution is 5.82. The molecule has 5 heteroatoms. The maximum Gasteiger partial charge on any atom is 0.239 e. The van der Waals surface area contributed by atoms with Gasteiger partial charge >= 0.3 is 0 Å². The molecule has 3 rings (SSSR count). The molecule has 0 radical (unpaired) electrons. The number of nitrogens with one attached hydrogen (secondary N) is 1. The Labute approximate surface area is 120 Å². The van der Waals surface area contributed by atoms with Crippen molar-refractivity contribution in [3.8, 4) is 0 Å². The fourth-order valence-electron chi connectivity index (χ4n) is 3.40. The molecule has 1 amide bonds. The molecule has 0 spiro atoms. The Morgan fingerprint density at radius 3 is 3.05 bits per heavy atom. The van der Waals surface area contributed by atoms with Gasteiger partial charge in [-0.1, -0.05) is 0 Å². The number of amides is 1. The molecule has 0 aliphatic carbocycles. The summed E-state index contributed by atoms with van der Waals surface area (Å²) < 4.78 is 2.08. The number of aromatic nitrogens is 2. The van der Waals surface area contributed by atoms with Gasteiger partial charge in [-0.15, -0.1) is 0 Å². The topological polar surface area (TPSA) is 50.2 Å². The van der Waals surface area contributed by atoms with Gasteiger partial charge in [0, 0.05) is 39.0 Å². The Morgan fingerprint density at radius 2 is 2.35 bits per heavy atom. The van der Waals surface area contributed by atoms with Crippen molar-refractivity contribution in [2.24, 2.45) is 13.0 Å². The molecule has 0 aromatic carbocycles. The second-order valence-electron chi connectivity index (χ2n) is 6.10. The molecule has 0 unspecified atom stereocenters. The largest absolute Gasteiger partial charge is 0.341 e. The molecule has 2 atom stereocenters. The van der Waals surface area contributed by atoms with E-state index < -0.39 is 0 Å². The van der Waals surface area contributed by atoms with E-state index in [0.29, 0.717) is 11.8 Å². The molecular weight excluding hydrogens is 252 g/mol. The number of rotatable bonds is 3. The Kier molecular flexibility index (Phi) is 4.05. The van der Waals surface area contributed by atoms with Crippen LogP contribution in [0.3, 0.4) is 0 Å². The molecule has 1 aromatic rings. The van der Waals surface area contributed by atoms with E-state index in [-0.39, 0.29) is 6.04 Å². The van der Waals surface area contributed by atoms with Crippen LogP contribution in [-0.2, 0) is 18.3 Å². The summed E-state index contributed by atoms with van der Waals surface area (Å²) in [4.78, 5) is 18.9. The molecule has 2 fully saturated rings. The first-order chi connectivity index (χ1) is 9.74. The van der Waals surface area contributed by atoms with E-state index in [9.17, 15) is 4.79 Å². The van der Waals surface area contributed by atoms with E-state index in [1.165, 1.54) is 6.42 Å². The summed E-state index contributed by atoms with van der Waals surface area (Å²) in [6.07, 6.45) is 9.26. The predicted molar refractivity (Wildman–Crippen MR) is 77.2 cm³/mol. The van der Waals surface area contributed by atoms with Crippen molar-refractivity contribution < 1.29 is 4.79 Å². The standard InChI is InChI=1S/C15H24N4O/c1-18-9-7-17-14(18)10-12-4-3-8-19(11-12)15(20)13-5-2-6-16-13/h7,9,12-13,16H,2-6,8,10-11H2,1H3/t12-,13+/m0/s1. The third kappa shape index (κ3) is 2.87. The lowest BCUT2D eigenvalue weighted by Crippen LogP contribution is -2.48. The summed E-state index contributed by atoms with van der Waals surface area (Å²) in [7, 11) is 2.04. The van der Waals surface area contributed by atoms with Crippen LogP contribution in [0.1, 0.15) is 31.5 Å². The zero-order valence-corrected chi connectivity index (χ0v) is 12.2. The number of carbonyl (C=O) groups is 1. The molecule has 110 valence electrons. The molecule has 5 nitrogen and oxygen atoms in total. The highest BCUT2D eigenvalue weighted by atomic mass is 16.2. The average molecular weight is 276 g/mol. The minimum absolute atomic E-state index is 0.0712. The normalized spacial score (nSPS) is 26.9. The van der Waals surface area contributed by atoms with Gasteiger partial charge in [-0.25, -0.2) is 4.98 Å². The van der Waals surface area contributed by atoms with Crippen molar-refractivity contribution in [3.63, 3.8) is 0 Å². The van der Waals surface area contributed by atoms with Crippen LogP contribution in [0, 0.1) is 5.92 Å². The number of imidazole rings is 1. The minimum atomic E-state index is 0.0712. The number of carbonyl (C=O) groups excluding carboxylic acids is 1. The van der Waals surface area contributed by atoms with Crippen molar-refractivity contribution in [2.45, 2.75) is 38.1 Å². The Balaban J connectivity index is 1.58. The Bertz CT molecular complexity index is 464. The third-order valence-electron chi connectivity index (χ3n) is 4.58. The van der Waals surface area contributed by atoms with Gasteiger partial charge in [-0.3, -0.25) is 4.79 Å². The van der Waals surface area contributed by atoms with Gasteiger partial charge in [0.2, 0.25) is 5.91 Å². The van der Waals surface area contributed by atoms with Gasteiger partial charge in [0.1, 0.15) is 5.82 Å². The number of aryl methyl sites for hydroxylation is 1. The zero-order chi connectivity index (χ0) is 13.9. The molecule has 20 heavy (non-hydrogen) atoms. The van der Waals surface area contributed by atoms with E-state index in [2.05, 4.69) is 19.8 Å². The summed E-state index contributed by atoms with van der Waals surface area (Å²) >= 11 is 0. The summed E-state index contributed by atoms with van der Waals surface area (Å²) in [5.74, 6) is 1.99. The summed E-state index contributed by atoms with van der Waals surface area (Å²) in [5.41, 5.74) is 0. The number of likely N-dealkylation sites (tertiary alicyclic amines) is 1.